The first kappa shape index (κ1) is 16.3. The standard InChI is InChI=1S/C13H20N2O4S2/c1-2-10-3-4-12(9-13(10)14)21(18,19)15-11-5-7-20(16,17)8-6-11/h3-4,9,11,15H,2,5-8,14H2,1H3. The van der Waals surface area contributed by atoms with Gasteiger partial charge >= 0.3 is 0 Å². The Bertz CT molecular complexity index is 713. The van der Waals surface area contributed by atoms with Gasteiger partial charge in [0.2, 0.25) is 10.0 Å². The van der Waals surface area contributed by atoms with Gasteiger partial charge in [0.25, 0.3) is 0 Å². The average molecular weight is 332 g/mol. The minimum atomic E-state index is -3.67. The van der Waals surface area contributed by atoms with Gasteiger partial charge in [0.15, 0.2) is 0 Å². The molecule has 21 heavy (non-hydrogen) atoms. The van der Waals surface area contributed by atoms with Gasteiger partial charge < -0.3 is 5.73 Å². The average Bonchev–Trinajstić information content (AvgIpc) is 2.41. The molecule has 2 rings (SSSR count). The van der Waals surface area contributed by atoms with Crippen LogP contribution in [0.2, 0.25) is 0 Å². The van der Waals surface area contributed by atoms with Gasteiger partial charge in [-0.1, -0.05) is 13.0 Å². The summed E-state index contributed by atoms with van der Waals surface area (Å²) in [6.45, 7) is 1.95. The number of hydrogen-bond donors (Lipinski definition) is 2. The lowest BCUT2D eigenvalue weighted by Crippen LogP contribution is -2.40. The molecule has 1 heterocycles. The Balaban J connectivity index is 2.14. The molecule has 118 valence electrons. The van der Waals surface area contributed by atoms with Crippen molar-refractivity contribution in [3.8, 4) is 0 Å². The zero-order valence-electron chi connectivity index (χ0n) is 11.9. The van der Waals surface area contributed by atoms with Crippen molar-refractivity contribution in [2.45, 2.75) is 37.1 Å². The van der Waals surface area contributed by atoms with Crippen molar-refractivity contribution in [1.82, 2.24) is 4.72 Å². The molecule has 0 radical (unpaired) electrons. The summed E-state index contributed by atoms with van der Waals surface area (Å²) < 4.78 is 49.9. The lowest BCUT2D eigenvalue weighted by molar-refractivity contribution is 0.505. The zero-order valence-corrected chi connectivity index (χ0v) is 13.5. The van der Waals surface area contributed by atoms with E-state index in [9.17, 15) is 16.8 Å². The molecule has 1 aliphatic rings. The van der Waals surface area contributed by atoms with Gasteiger partial charge in [-0.05, 0) is 37.0 Å². The summed E-state index contributed by atoms with van der Waals surface area (Å²) in [5.74, 6) is 0.0498. The number of sulfonamides is 1. The smallest absolute Gasteiger partial charge is 0.240 e. The van der Waals surface area contributed by atoms with Crippen molar-refractivity contribution < 1.29 is 16.8 Å². The first-order chi connectivity index (χ1) is 9.73. The third-order valence-electron chi connectivity index (χ3n) is 3.68. The number of nitrogens with two attached hydrogens (primary N) is 1. The molecule has 0 saturated carbocycles. The number of sulfone groups is 1. The highest BCUT2D eigenvalue weighted by Gasteiger charge is 2.27. The van der Waals surface area contributed by atoms with Crippen molar-refractivity contribution >= 4 is 25.5 Å². The van der Waals surface area contributed by atoms with Crippen LogP contribution in [0.4, 0.5) is 5.69 Å². The summed E-state index contributed by atoms with van der Waals surface area (Å²) >= 11 is 0. The molecule has 1 fully saturated rings. The number of aryl methyl sites for hydroxylation is 1. The summed E-state index contributed by atoms with van der Waals surface area (Å²) in [5.41, 5.74) is 7.18. The number of nitrogen functional groups attached to an aromatic ring is 1. The molecule has 0 unspecified atom stereocenters. The third kappa shape index (κ3) is 3.96. The maximum Gasteiger partial charge on any atom is 0.240 e. The Labute approximate surface area is 125 Å². The van der Waals surface area contributed by atoms with Crippen LogP contribution < -0.4 is 10.5 Å². The molecule has 0 bridgehead atoms. The van der Waals surface area contributed by atoms with E-state index in [-0.39, 0.29) is 22.4 Å². The molecule has 0 aromatic heterocycles. The van der Waals surface area contributed by atoms with Gasteiger partial charge in [0, 0.05) is 11.7 Å². The molecule has 1 saturated heterocycles. The van der Waals surface area contributed by atoms with Gasteiger partial charge in [-0.2, -0.15) is 0 Å². The fourth-order valence-corrected chi connectivity index (χ4v) is 5.19. The third-order valence-corrected chi connectivity index (χ3v) is 6.92. The van der Waals surface area contributed by atoms with Crippen LogP contribution >= 0.6 is 0 Å². The van der Waals surface area contributed by atoms with Crippen LogP contribution in [-0.4, -0.2) is 34.4 Å². The quantitative estimate of drug-likeness (QED) is 0.789. The van der Waals surface area contributed by atoms with Crippen LogP contribution in [0.25, 0.3) is 0 Å². The normalized spacial score (nSPS) is 19.5. The maximum atomic E-state index is 12.3. The van der Waals surface area contributed by atoms with Crippen molar-refractivity contribution in [3.63, 3.8) is 0 Å². The molecule has 0 atom stereocenters. The molecule has 0 aliphatic carbocycles. The Morgan fingerprint density at radius 3 is 2.43 bits per heavy atom. The lowest BCUT2D eigenvalue weighted by Gasteiger charge is -2.23. The van der Waals surface area contributed by atoms with Crippen LogP contribution in [0.5, 0.6) is 0 Å². The molecule has 0 amide bonds. The minimum Gasteiger partial charge on any atom is -0.398 e. The van der Waals surface area contributed by atoms with Gasteiger partial charge in [-0.15, -0.1) is 0 Å². The number of hydrogen-bond acceptors (Lipinski definition) is 5. The Morgan fingerprint density at radius 2 is 1.90 bits per heavy atom. The van der Waals surface area contributed by atoms with E-state index in [0.717, 1.165) is 12.0 Å². The van der Waals surface area contributed by atoms with Gasteiger partial charge in [-0.3, -0.25) is 0 Å². The van der Waals surface area contributed by atoms with Crippen LogP contribution in [0.1, 0.15) is 25.3 Å². The van der Waals surface area contributed by atoms with Crippen molar-refractivity contribution in [2.75, 3.05) is 17.2 Å². The van der Waals surface area contributed by atoms with Crippen LogP contribution in [-0.2, 0) is 26.3 Å². The van der Waals surface area contributed by atoms with Crippen LogP contribution in [0, 0.1) is 0 Å². The molecule has 3 N–H and O–H groups in total. The number of benzene rings is 1. The predicted octanol–water partition coefficient (Wildman–Crippen LogP) is 0.687. The Kier molecular flexibility index (Phi) is 4.60. The molecular weight excluding hydrogens is 312 g/mol. The second-order valence-corrected chi connectivity index (χ2v) is 9.28. The first-order valence-corrected chi connectivity index (χ1v) is 10.1. The van der Waals surface area contributed by atoms with Crippen molar-refractivity contribution in [2.24, 2.45) is 0 Å². The van der Waals surface area contributed by atoms with Crippen molar-refractivity contribution in [3.05, 3.63) is 23.8 Å². The second-order valence-electron chi connectivity index (χ2n) is 5.26. The van der Waals surface area contributed by atoms with E-state index in [2.05, 4.69) is 4.72 Å². The Hall–Kier alpha value is -1.12. The summed E-state index contributed by atoms with van der Waals surface area (Å²) in [5, 5.41) is 0. The zero-order chi connectivity index (χ0) is 15.7. The number of rotatable bonds is 4. The highest BCUT2D eigenvalue weighted by Crippen LogP contribution is 2.20. The van der Waals surface area contributed by atoms with E-state index in [4.69, 9.17) is 5.73 Å². The highest BCUT2D eigenvalue weighted by atomic mass is 32.2. The van der Waals surface area contributed by atoms with Gasteiger partial charge in [-0.25, -0.2) is 21.6 Å². The van der Waals surface area contributed by atoms with Gasteiger partial charge in [0.05, 0.1) is 16.4 Å². The van der Waals surface area contributed by atoms with E-state index in [1.807, 2.05) is 6.92 Å². The molecule has 1 aromatic carbocycles. The molecule has 1 aliphatic heterocycles. The van der Waals surface area contributed by atoms with E-state index in [1.54, 1.807) is 6.07 Å². The largest absolute Gasteiger partial charge is 0.398 e. The fourth-order valence-electron chi connectivity index (χ4n) is 2.36. The predicted molar refractivity (Wildman–Crippen MR) is 82.2 cm³/mol. The molecule has 0 spiro atoms. The van der Waals surface area contributed by atoms with E-state index in [1.165, 1.54) is 12.1 Å². The molecular formula is C13H20N2O4S2. The summed E-state index contributed by atoms with van der Waals surface area (Å²) in [4.78, 5) is 0.116. The fraction of sp³-hybridized carbons (Fsp3) is 0.538. The van der Waals surface area contributed by atoms with E-state index in [0.29, 0.717) is 18.5 Å². The van der Waals surface area contributed by atoms with E-state index < -0.39 is 19.9 Å². The highest BCUT2D eigenvalue weighted by molar-refractivity contribution is 7.91. The first-order valence-electron chi connectivity index (χ1n) is 6.84. The SMILES string of the molecule is CCc1ccc(S(=O)(=O)NC2CCS(=O)(=O)CC2)cc1N. The Morgan fingerprint density at radius 1 is 1.29 bits per heavy atom. The summed E-state index contributed by atoms with van der Waals surface area (Å²) in [6, 6.07) is 4.33. The molecule has 8 heteroatoms. The topological polar surface area (TPSA) is 106 Å². The number of nitrogens with one attached hydrogen (secondary N) is 1. The monoisotopic (exact) mass is 332 g/mol. The number of anilines is 1. The summed E-state index contributed by atoms with van der Waals surface area (Å²) in [7, 11) is -6.68. The minimum absolute atomic E-state index is 0.0249. The second kappa shape index (κ2) is 5.94. The van der Waals surface area contributed by atoms with Crippen LogP contribution in [0.3, 0.4) is 0 Å². The molecule has 6 nitrogen and oxygen atoms in total. The summed E-state index contributed by atoms with van der Waals surface area (Å²) in [6.07, 6.45) is 1.36. The van der Waals surface area contributed by atoms with E-state index >= 15 is 0 Å². The van der Waals surface area contributed by atoms with Gasteiger partial charge in [0.1, 0.15) is 9.84 Å². The maximum absolute atomic E-state index is 12.3. The molecule has 1 aromatic rings. The van der Waals surface area contributed by atoms with Crippen LogP contribution in [0.15, 0.2) is 23.1 Å². The lowest BCUT2D eigenvalue weighted by atomic mass is 10.1. The van der Waals surface area contributed by atoms with Crippen molar-refractivity contribution in [1.29, 1.82) is 0 Å².